The van der Waals surface area contributed by atoms with E-state index in [1.807, 2.05) is 39.0 Å². The molecular formula is C23H32N8O3. The molecule has 1 atom stereocenters. The first-order valence-electron chi connectivity index (χ1n) is 11.3. The zero-order valence-corrected chi connectivity index (χ0v) is 20.2. The fourth-order valence-electron chi connectivity index (χ4n) is 4.09. The van der Waals surface area contributed by atoms with Gasteiger partial charge in [-0.05, 0) is 45.7 Å². The Morgan fingerprint density at radius 3 is 2.76 bits per heavy atom. The second-order valence-corrected chi connectivity index (χ2v) is 9.33. The Hall–Kier alpha value is -3.76. The number of hydrogen-bond donors (Lipinski definition) is 4. The largest absolute Gasteiger partial charge is 0.496 e. The molecule has 2 aromatic heterocycles. The summed E-state index contributed by atoms with van der Waals surface area (Å²) in [6.07, 6.45) is 1.39. The van der Waals surface area contributed by atoms with Gasteiger partial charge in [0.25, 0.3) is 0 Å². The lowest BCUT2D eigenvalue weighted by molar-refractivity contribution is 0.0500. The van der Waals surface area contributed by atoms with Crippen LogP contribution in [-0.2, 0) is 4.74 Å². The first kappa shape index (κ1) is 23.4. The molecule has 34 heavy (non-hydrogen) atoms. The molecule has 0 radical (unpaired) electrons. The van der Waals surface area contributed by atoms with E-state index in [1.165, 1.54) is 0 Å². The Balaban J connectivity index is 1.62. The molecule has 1 saturated heterocycles. The average molecular weight is 469 g/mol. The summed E-state index contributed by atoms with van der Waals surface area (Å²) in [6, 6.07) is 5.74. The van der Waals surface area contributed by atoms with Crippen molar-refractivity contribution in [3.05, 3.63) is 18.2 Å². The molecule has 3 heterocycles. The van der Waals surface area contributed by atoms with Gasteiger partial charge < -0.3 is 30.7 Å². The minimum absolute atomic E-state index is 0.0375. The van der Waals surface area contributed by atoms with Crippen molar-refractivity contribution in [3.63, 3.8) is 0 Å². The van der Waals surface area contributed by atoms with Gasteiger partial charge in [0.1, 0.15) is 17.2 Å². The molecule has 3 aromatic rings. The number of carbonyl (C=O) groups is 1. The molecule has 0 bridgehead atoms. The molecular weight excluding hydrogens is 436 g/mol. The van der Waals surface area contributed by atoms with E-state index in [0.717, 1.165) is 47.4 Å². The number of nitrogens with two attached hydrogens (primary N) is 1. The van der Waals surface area contributed by atoms with Gasteiger partial charge in [0.05, 0.1) is 23.7 Å². The predicted octanol–water partition coefficient (Wildman–Crippen LogP) is 3.15. The zero-order chi connectivity index (χ0) is 24.5. The number of hydrogen-bond acceptors (Lipinski definition) is 9. The lowest BCUT2D eigenvalue weighted by Crippen LogP contribution is -2.49. The van der Waals surface area contributed by atoms with E-state index in [1.54, 1.807) is 14.2 Å². The molecule has 1 unspecified atom stereocenters. The SMILES string of the molecule is CNc1nc(-c2cc(OC)c3c(N)n[nH]c3c2)cc(N2CCCC(NC(=O)OC(C)(C)C)C2)n1. The number of H-pyrrole nitrogens is 1. The van der Waals surface area contributed by atoms with E-state index >= 15 is 0 Å². The number of aromatic amines is 1. The first-order chi connectivity index (χ1) is 16.2. The second-order valence-electron chi connectivity index (χ2n) is 9.33. The van der Waals surface area contributed by atoms with Gasteiger partial charge in [-0.2, -0.15) is 10.1 Å². The molecule has 4 rings (SSSR count). The van der Waals surface area contributed by atoms with Crippen LogP contribution in [0.25, 0.3) is 22.2 Å². The van der Waals surface area contributed by atoms with Gasteiger partial charge in [0.2, 0.25) is 5.95 Å². The molecule has 0 aliphatic carbocycles. The number of benzene rings is 1. The van der Waals surface area contributed by atoms with Crippen molar-refractivity contribution in [2.24, 2.45) is 0 Å². The molecule has 1 aliphatic heterocycles. The number of piperidine rings is 1. The van der Waals surface area contributed by atoms with Crippen molar-refractivity contribution in [2.45, 2.75) is 45.3 Å². The molecule has 5 N–H and O–H groups in total. The van der Waals surface area contributed by atoms with Crippen molar-refractivity contribution >= 4 is 34.6 Å². The first-order valence-corrected chi connectivity index (χ1v) is 11.3. The average Bonchev–Trinajstić information content (AvgIpc) is 3.17. The predicted molar refractivity (Wildman–Crippen MR) is 132 cm³/mol. The second kappa shape index (κ2) is 9.24. The molecule has 11 nitrogen and oxygen atoms in total. The molecule has 0 spiro atoms. The van der Waals surface area contributed by atoms with Gasteiger partial charge in [-0.15, -0.1) is 0 Å². The lowest BCUT2D eigenvalue weighted by atomic mass is 10.1. The minimum atomic E-state index is -0.539. The number of aromatic nitrogens is 4. The van der Waals surface area contributed by atoms with Gasteiger partial charge in [-0.1, -0.05) is 0 Å². The number of ether oxygens (including phenoxy) is 2. The molecule has 1 aromatic carbocycles. The fraction of sp³-hybridized carbons (Fsp3) is 0.478. The van der Waals surface area contributed by atoms with Crippen LogP contribution in [0.5, 0.6) is 5.75 Å². The van der Waals surface area contributed by atoms with E-state index in [9.17, 15) is 4.79 Å². The third-order valence-electron chi connectivity index (χ3n) is 5.57. The maximum atomic E-state index is 12.3. The molecule has 1 fully saturated rings. The normalized spacial score (nSPS) is 16.4. The Morgan fingerprint density at radius 2 is 2.06 bits per heavy atom. The van der Waals surface area contributed by atoms with Crippen LogP contribution in [0.1, 0.15) is 33.6 Å². The topological polar surface area (TPSA) is 143 Å². The Kier molecular flexibility index (Phi) is 6.36. The lowest BCUT2D eigenvalue weighted by Gasteiger charge is -2.34. The van der Waals surface area contributed by atoms with E-state index in [0.29, 0.717) is 24.1 Å². The Morgan fingerprint density at radius 1 is 1.26 bits per heavy atom. The summed E-state index contributed by atoms with van der Waals surface area (Å²) in [7, 11) is 3.38. The molecule has 1 aliphatic rings. The van der Waals surface area contributed by atoms with Crippen LogP contribution >= 0.6 is 0 Å². The van der Waals surface area contributed by atoms with Crippen molar-refractivity contribution in [1.82, 2.24) is 25.5 Å². The molecule has 0 saturated carbocycles. The number of anilines is 3. The van der Waals surface area contributed by atoms with Crippen LogP contribution in [0.3, 0.4) is 0 Å². The smallest absolute Gasteiger partial charge is 0.407 e. The number of carbonyl (C=O) groups excluding carboxylic acids is 1. The molecule has 11 heteroatoms. The summed E-state index contributed by atoms with van der Waals surface area (Å²) >= 11 is 0. The maximum absolute atomic E-state index is 12.3. The summed E-state index contributed by atoms with van der Waals surface area (Å²) in [6.45, 7) is 7.01. The monoisotopic (exact) mass is 468 g/mol. The van der Waals surface area contributed by atoms with E-state index in [2.05, 4.69) is 35.7 Å². The van der Waals surface area contributed by atoms with Crippen LogP contribution in [-0.4, -0.2) is 65.1 Å². The van der Waals surface area contributed by atoms with Gasteiger partial charge in [-0.25, -0.2) is 9.78 Å². The number of nitrogen functional groups attached to an aromatic ring is 1. The number of rotatable bonds is 5. The van der Waals surface area contributed by atoms with Crippen LogP contribution < -0.4 is 26.0 Å². The van der Waals surface area contributed by atoms with Crippen LogP contribution in [0.4, 0.5) is 22.4 Å². The van der Waals surface area contributed by atoms with Crippen LogP contribution in [0.15, 0.2) is 18.2 Å². The summed E-state index contributed by atoms with van der Waals surface area (Å²) in [4.78, 5) is 23.7. The number of nitrogens with zero attached hydrogens (tertiary/aromatic N) is 4. The highest BCUT2D eigenvalue weighted by Crippen LogP contribution is 2.35. The quantitative estimate of drug-likeness (QED) is 0.444. The van der Waals surface area contributed by atoms with Crippen molar-refractivity contribution in [1.29, 1.82) is 0 Å². The van der Waals surface area contributed by atoms with Gasteiger partial charge >= 0.3 is 6.09 Å². The number of fused-ring (bicyclic) bond motifs is 1. The Labute approximate surface area is 198 Å². The summed E-state index contributed by atoms with van der Waals surface area (Å²) < 4.78 is 11.0. The Bertz CT molecular complexity index is 1190. The highest BCUT2D eigenvalue weighted by Gasteiger charge is 2.26. The number of nitrogens with one attached hydrogen (secondary N) is 3. The van der Waals surface area contributed by atoms with Crippen molar-refractivity contribution < 1.29 is 14.3 Å². The number of methoxy groups -OCH3 is 1. The molecule has 182 valence electrons. The number of alkyl carbamates (subject to hydrolysis) is 1. The van der Waals surface area contributed by atoms with E-state index in [4.69, 9.17) is 15.2 Å². The van der Waals surface area contributed by atoms with Gasteiger partial charge in [0.15, 0.2) is 5.82 Å². The molecule has 1 amide bonds. The highest BCUT2D eigenvalue weighted by molar-refractivity contribution is 5.97. The summed E-state index contributed by atoms with van der Waals surface area (Å²) in [5.41, 5.74) is 7.78. The number of amides is 1. The summed E-state index contributed by atoms with van der Waals surface area (Å²) in [5.74, 6) is 2.27. The van der Waals surface area contributed by atoms with Gasteiger partial charge in [-0.3, -0.25) is 5.10 Å². The van der Waals surface area contributed by atoms with E-state index < -0.39 is 11.7 Å². The maximum Gasteiger partial charge on any atom is 0.407 e. The third-order valence-corrected chi connectivity index (χ3v) is 5.57. The fourth-order valence-corrected chi connectivity index (χ4v) is 4.09. The third kappa shape index (κ3) is 5.08. The van der Waals surface area contributed by atoms with Crippen molar-refractivity contribution in [2.75, 3.05) is 43.2 Å². The minimum Gasteiger partial charge on any atom is -0.496 e. The van der Waals surface area contributed by atoms with E-state index in [-0.39, 0.29) is 6.04 Å². The van der Waals surface area contributed by atoms with Crippen molar-refractivity contribution in [3.8, 4) is 17.0 Å². The zero-order valence-electron chi connectivity index (χ0n) is 20.2. The van der Waals surface area contributed by atoms with Crippen LogP contribution in [0.2, 0.25) is 0 Å². The van der Waals surface area contributed by atoms with Gasteiger partial charge in [0, 0.05) is 37.8 Å². The summed E-state index contributed by atoms with van der Waals surface area (Å²) in [5, 5.41) is 13.8. The van der Waals surface area contributed by atoms with Crippen LogP contribution in [0, 0.1) is 0 Å². The highest BCUT2D eigenvalue weighted by atomic mass is 16.6. The standard InChI is InChI=1S/C23H32N8O3/c1-23(2,3)34-22(32)26-14-7-6-8-31(12-14)18-11-15(27-21(25-4)28-18)13-9-16-19(17(10-13)33-5)20(24)30-29-16/h9-11,14H,6-8,12H2,1-5H3,(H,26,32)(H3,24,29,30)(H,25,27,28).